The number of imidazole rings is 2. The number of nitrogens with zero attached hydrogens (tertiary/aromatic N) is 6. The second kappa shape index (κ2) is 8.89. The standard InChI is InChI=1S/C12H9ClN2O2S.C7H6N4O/c13-9-3-1-8(2-4-9)10-7-18-11(14-10)15-5-6-17-12(15)16;12-7(10-3-1-8-5-10)11-4-2-9-6-11/h1-4,7H,5-6H2;1-6H. The van der Waals surface area contributed by atoms with E-state index in [1.165, 1.54) is 33.1 Å². The molecule has 0 spiro atoms. The number of carbonyl (C=O) groups is 2. The van der Waals surface area contributed by atoms with Gasteiger partial charge in [-0.15, -0.1) is 11.3 Å². The predicted octanol–water partition coefficient (Wildman–Crippen LogP) is 4.02. The summed E-state index contributed by atoms with van der Waals surface area (Å²) in [7, 11) is 0. The smallest absolute Gasteiger partial charge is 0.416 e. The van der Waals surface area contributed by atoms with Gasteiger partial charge in [-0.1, -0.05) is 23.7 Å². The van der Waals surface area contributed by atoms with Crippen molar-refractivity contribution in [1.29, 1.82) is 0 Å². The molecule has 3 aromatic heterocycles. The molecular formula is C19H15ClN6O3S. The second-order valence-corrected chi connectivity index (χ2v) is 7.28. The highest BCUT2D eigenvalue weighted by molar-refractivity contribution is 7.14. The molecule has 1 fully saturated rings. The van der Waals surface area contributed by atoms with Crippen molar-refractivity contribution in [3.63, 3.8) is 0 Å². The molecule has 30 heavy (non-hydrogen) atoms. The highest BCUT2D eigenvalue weighted by Crippen LogP contribution is 2.29. The van der Waals surface area contributed by atoms with Gasteiger partial charge in [-0.2, -0.15) is 0 Å². The Labute approximate surface area is 180 Å². The largest absolute Gasteiger partial charge is 0.447 e. The number of amides is 1. The summed E-state index contributed by atoms with van der Waals surface area (Å²) < 4.78 is 7.64. The Morgan fingerprint density at radius 3 is 2.27 bits per heavy atom. The van der Waals surface area contributed by atoms with E-state index >= 15 is 0 Å². The molecule has 1 aromatic carbocycles. The number of ether oxygens (including phenoxy) is 1. The first-order valence-electron chi connectivity index (χ1n) is 8.78. The van der Waals surface area contributed by atoms with Gasteiger partial charge in [0.25, 0.3) is 0 Å². The first kappa shape index (κ1) is 19.8. The summed E-state index contributed by atoms with van der Waals surface area (Å²) in [5.74, 6) is 0. The van der Waals surface area contributed by atoms with E-state index in [1.807, 2.05) is 29.6 Å². The maximum absolute atomic E-state index is 11.4. The van der Waals surface area contributed by atoms with Gasteiger partial charge in [0.15, 0.2) is 5.13 Å². The second-order valence-electron chi connectivity index (χ2n) is 6.01. The van der Waals surface area contributed by atoms with Crippen LogP contribution >= 0.6 is 22.9 Å². The minimum atomic E-state index is -0.327. The fourth-order valence-corrected chi connectivity index (χ4v) is 3.56. The highest BCUT2D eigenvalue weighted by atomic mass is 35.5. The monoisotopic (exact) mass is 442 g/mol. The van der Waals surface area contributed by atoms with Gasteiger partial charge in [0.2, 0.25) is 0 Å². The van der Waals surface area contributed by atoms with Crippen LogP contribution in [0.2, 0.25) is 5.02 Å². The molecule has 4 aromatic rings. The zero-order valence-corrected chi connectivity index (χ0v) is 17.0. The molecule has 5 rings (SSSR count). The van der Waals surface area contributed by atoms with Crippen molar-refractivity contribution in [2.45, 2.75) is 0 Å². The fraction of sp³-hybridized carbons (Fsp3) is 0.105. The molecule has 0 radical (unpaired) electrons. The lowest BCUT2D eigenvalue weighted by molar-refractivity contribution is 0.181. The van der Waals surface area contributed by atoms with Crippen LogP contribution in [0.3, 0.4) is 0 Å². The molecule has 9 nitrogen and oxygen atoms in total. The first-order valence-corrected chi connectivity index (χ1v) is 10.0. The number of hydrogen-bond acceptors (Lipinski definition) is 7. The maximum atomic E-state index is 11.4. The van der Waals surface area contributed by atoms with Gasteiger partial charge >= 0.3 is 12.1 Å². The summed E-state index contributed by atoms with van der Waals surface area (Å²) in [5, 5.41) is 3.28. The Hall–Kier alpha value is -3.50. The third-order valence-electron chi connectivity index (χ3n) is 4.07. The first-order chi connectivity index (χ1) is 14.6. The van der Waals surface area contributed by atoms with Gasteiger partial charge in [0.05, 0.1) is 12.2 Å². The van der Waals surface area contributed by atoms with Crippen LogP contribution in [-0.2, 0) is 4.74 Å². The van der Waals surface area contributed by atoms with Crippen LogP contribution in [0.5, 0.6) is 0 Å². The van der Waals surface area contributed by atoms with Gasteiger partial charge in [0.1, 0.15) is 19.3 Å². The minimum absolute atomic E-state index is 0.190. The molecule has 1 aliphatic rings. The number of carbonyl (C=O) groups excluding carboxylic acids is 2. The number of halogens is 1. The molecular weight excluding hydrogens is 428 g/mol. The number of benzene rings is 1. The van der Waals surface area contributed by atoms with Crippen molar-refractivity contribution >= 4 is 40.2 Å². The van der Waals surface area contributed by atoms with Crippen LogP contribution in [-0.4, -0.2) is 49.4 Å². The van der Waals surface area contributed by atoms with Crippen LogP contribution < -0.4 is 4.90 Å². The SMILES string of the molecule is O=C(n1ccnc1)n1ccnc1.O=C1OCCN1c1nc(-c2ccc(Cl)cc2)cs1. The lowest BCUT2D eigenvalue weighted by Crippen LogP contribution is -2.22. The van der Waals surface area contributed by atoms with Gasteiger partial charge < -0.3 is 4.74 Å². The van der Waals surface area contributed by atoms with Crippen LogP contribution in [0.4, 0.5) is 14.7 Å². The molecule has 152 valence electrons. The predicted molar refractivity (Wildman–Crippen MR) is 112 cm³/mol. The summed E-state index contributed by atoms with van der Waals surface area (Å²) >= 11 is 7.27. The minimum Gasteiger partial charge on any atom is -0.447 e. The van der Waals surface area contributed by atoms with E-state index in [4.69, 9.17) is 16.3 Å². The molecule has 0 saturated carbocycles. The molecule has 1 amide bonds. The molecule has 0 atom stereocenters. The number of hydrogen-bond donors (Lipinski definition) is 0. The van der Waals surface area contributed by atoms with E-state index in [1.54, 1.807) is 29.7 Å². The maximum Gasteiger partial charge on any atom is 0.416 e. The van der Waals surface area contributed by atoms with E-state index in [-0.39, 0.29) is 12.1 Å². The average molecular weight is 443 g/mol. The van der Waals surface area contributed by atoms with Gasteiger partial charge in [-0.3, -0.25) is 9.13 Å². The number of thiazole rings is 1. The summed E-state index contributed by atoms with van der Waals surface area (Å²) in [6.45, 7) is 0.987. The average Bonchev–Trinajstić information content (AvgIpc) is 3.56. The van der Waals surface area contributed by atoms with Crippen LogP contribution in [0.15, 0.2) is 67.1 Å². The summed E-state index contributed by atoms with van der Waals surface area (Å²) in [6, 6.07) is 7.26. The Morgan fingerprint density at radius 1 is 1.07 bits per heavy atom. The van der Waals surface area contributed by atoms with Crippen molar-refractivity contribution in [1.82, 2.24) is 24.1 Å². The Bertz CT molecular complexity index is 1090. The van der Waals surface area contributed by atoms with Crippen molar-refractivity contribution in [2.24, 2.45) is 0 Å². The van der Waals surface area contributed by atoms with E-state index < -0.39 is 0 Å². The van der Waals surface area contributed by atoms with Gasteiger partial charge in [-0.05, 0) is 12.1 Å². The summed E-state index contributed by atoms with van der Waals surface area (Å²) in [6.07, 6.45) is 8.84. The number of rotatable bonds is 2. The van der Waals surface area contributed by atoms with Gasteiger partial charge in [-0.25, -0.2) is 29.4 Å². The Kier molecular flexibility index (Phi) is 5.87. The summed E-state index contributed by atoms with van der Waals surface area (Å²) in [5.41, 5.74) is 1.82. The third kappa shape index (κ3) is 4.39. The van der Waals surface area contributed by atoms with E-state index in [0.29, 0.717) is 23.3 Å². The summed E-state index contributed by atoms with van der Waals surface area (Å²) in [4.78, 5) is 36.3. The number of anilines is 1. The van der Waals surface area contributed by atoms with Crippen LogP contribution in [0.25, 0.3) is 11.3 Å². The molecule has 0 aliphatic carbocycles. The Balaban J connectivity index is 0.000000158. The van der Waals surface area contributed by atoms with Crippen LogP contribution in [0, 0.1) is 0 Å². The zero-order valence-electron chi connectivity index (χ0n) is 15.5. The molecule has 0 unspecified atom stereocenters. The lowest BCUT2D eigenvalue weighted by atomic mass is 10.2. The number of aromatic nitrogens is 5. The molecule has 1 aliphatic heterocycles. The van der Waals surface area contributed by atoms with Crippen LogP contribution in [0.1, 0.15) is 0 Å². The van der Waals surface area contributed by atoms with Gasteiger partial charge in [0, 0.05) is 40.8 Å². The van der Waals surface area contributed by atoms with Crippen molar-refractivity contribution in [3.05, 3.63) is 72.1 Å². The topological polar surface area (TPSA) is 95.1 Å². The quantitative estimate of drug-likeness (QED) is 0.465. The molecule has 1 saturated heterocycles. The van der Waals surface area contributed by atoms with E-state index in [0.717, 1.165) is 11.3 Å². The highest BCUT2D eigenvalue weighted by Gasteiger charge is 2.26. The zero-order chi connectivity index (χ0) is 20.9. The molecule has 4 heterocycles. The van der Waals surface area contributed by atoms with Crippen molar-refractivity contribution < 1.29 is 14.3 Å². The fourth-order valence-electron chi connectivity index (χ4n) is 2.59. The van der Waals surface area contributed by atoms with E-state index in [2.05, 4.69) is 15.0 Å². The lowest BCUT2D eigenvalue weighted by Gasteiger charge is -2.06. The molecule has 0 bridgehead atoms. The third-order valence-corrected chi connectivity index (χ3v) is 5.19. The normalized spacial score (nSPS) is 13.0. The van der Waals surface area contributed by atoms with E-state index in [9.17, 15) is 9.59 Å². The molecule has 11 heteroatoms. The van der Waals surface area contributed by atoms with Crippen molar-refractivity contribution in [3.8, 4) is 11.3 Å². The Morgan fingerprint density at radius 2 is 1.73 bits per heavy atom. The number of cyclic esters (lactones) is 1. The van der Waals surface area contributed by atoms with Crippen molar-refractivity contribution in [2.75, 3.05) is 18.1 Å². The molecule has 0 N–H and O–H groups in total.